The van der Waals surface area contributed by atoms with Crippen LogP contribution in [0.3, 0.4) is 0 Å². The van der Waals surface area contributed by atoms with Crippen molar-refractivity contribution in [1.82, 2.24) is 15.3 Å². The zero-order chi connectivity index (χ0) is 20.1. The first-order valence-corrected chi connectivity index (χ1v) is 9.40. The average molecular weight is 401 g/mol. The van der Waals surface area contributed by atoms with E-state index in [1.54, 1.807) is 24.4 Å². The third kappa shape index (κ3) is 5.02. The van der Waals surface area contributed by atoms with E-state index in [0.717, 1.165) is 31.4 Å². The van der Waals surface area contributed by atoms with Crippen LogP contribution in [0.4, 0.5) is 22.0 Å². The van der Waals surface area contributed by atoms with Crippen LogP contribution >= 0.6 is 11.6 Å². The van der Waals surface area contributed by atoms with Crippen molar-refractivity contribution < 1.29 is 9.90 Å². The lowest BCUT2D eigenvalue weighted by Crippen LogP contribution is -2.48. The Balaban J connectivity index is 1.82. The van der Waals surface area contributed by atoms with E-state index in [4.69, 9.17) is 16.7 Å². The number of carboxylic acid groups (broad SMARTS) is 1. The number of amides is 1. The number of carbonyl (C=O) groups is 1. The quantitative estimate of drug-likeness (QED) is 0.597. The van der Waals surface area contributed by atoms with Crippen LogP contribution in [0.15, 0.2) is 24.4 Å². The van der Waals surface area contributed by atoms with Crippen LogP contribution in [0.1, 0.15) is 37.1 Å². The zero-order valence-corrected chi connectivity index (χ0v) is 16.1. The first kappa shape index (κ1) is 19.7. The second-order valence-electron chi connectivity index (χ2n) is 6.76. The summed E-state index contributed by atoms with van der Waals surface area (Å²) < 4.78 is 0. The zero-order valence-electron chi connectivity index (χ0n) is 15.4. The fraction of sp³-hybridized carbons (Fsp3) is 0.368. The van der Waals surface area contributed by atoms with Crippen LogP contribution in [0, 0.1) is 18.3 Å². The van der Waals surface area contributed by atoms with Crippen molar-refractivity contribution in [2.75, 3.05) is 10.6 Å². The Morgan fingerprint density at radius 1 is 1.29 bits per heavy atom. The molecule has 9 heteroatoms. The standard InChI is InChI=1S/C19H21ClN6O2/c1-11-6-12(20)7-18(23-11)25-16-8-13(10-22-17(16)9-21)24-14-4-2-3-5-15(14)26-19(27)28/h6-8,10,14-15,24,26H,2-5H2,1H3,(H,23,25)(H,27,28). The molecule has 1 saturated carbocycles. The molecule has 1 aliphatic rings. The van der Waals surface area contributed by atoms with Crippen LogP contribution in [-0.2, 0) is 0 Å². The molecule has 2 aromatic rings. The number of anilines is 3. The fourth-order valence-electron chi connectivity index (χ4n) is 3.41. The highest BCUT2D eigenvalue weighted by Gasteiger charge is 2.26. The Labute approximate surface area is 168 Å². The van der Waals surface area contributed by atoms with Gasteiger partial charge < -0.3 is 21.1 Å². The molecule has 28 heavy (non-hydrogen) atoms. The number of pyridine rings is 2. The molecular formula is C19H21ClN6O2. The molecule has 0 radical (unpaired) electrons. The molecule has 0 spiro atoms. The molecule has 1 amide bonds. The van der Waals surface area contributed by atoms with Gasteiger partial charge in [0.2, 0.25) is 0 Å². The van der Waals surface area contributed by atoms with Crippen LogP contribution < -0.4 is 16.0 Å². The second kappa shape index (κ2) is 8.76. The first-order chi connectivity index (χ1) is 13.4. The summed E-state index contributed by atoms with van der Waals surface area (Å²) in [6, 6.07) is 7.03. The predicted octanol–water partition coefficient (Wildman–Crippen LogP) is 4.04. The first-order valence-electron chi connectivity index (χ1n) is 9.02. The molecule has 0 bridgehead atoms. The number of aryl methyl sites for hydroxylation is 1. The predicted molar refractivity (Wildman–Crippen MR) is 107 cm³/mol. The van der Waals surface area contributed by atoms with Gasteiger partial charge in [0.25, 0.3) is 0 Å². The summed E-state index contributed by atoms with van der Waals surface area (Å²) in [5.41, 5.74) is 2.18. The smallest absolute Gasteiger partial charge is 0.404 e. The molecule has 3 rings (SSSR count). The molecule has 146 valence electrons. The lowest BCUT2D eigenvalue weighted by atomic mass is 9.90. The number of nitriles is 1. The van der Waals surface area contributed by atoms with Gasteiger partial charge in [-0.05, 0) is 38.0 Å². The number of rotatable bonds is 5. The van der Waals surface area contributed by atoms with Crippen LogP contribution in [-0.4, -0.2) is 33.3 Å². The molecule has 8 nitrogen and oxygen atoms in total. The summed E-state index contributed by atoms with van der Waals surface area (Å²) in [5.74, 6) is 0.517. The number of nitrogens with zero attached hydrogens (tertiary/aromatic N) is 3. The van der Waals surface area contributed by atoms with E-state index in [9.17, 15) is 10.1 Å². The van der Waals surface area contributed by atoms with Crippen molar-refractivity contribution in [2.24, 2.45) is 0 Å². The van der Waals surface area contributed by atoms with Gasteiger partial charge in [0.05, 0.1) is 23.6 Å². The van der Waals surface area contributed by atoms with Gasteiger partial charge in [-0.15, -0.1) is 0 Å². The minimum atomic E-state index is -1.03. The minimum Gasteiger partial charge on any atom is -0.465 e. The Hall–Kier alpha value is -3.05. The highest BCUT2D eigenvalue weighted by Crippen LogP contribution is 2.27. The molecule has 2 atom stereocenters. The van der Waals surface area contributed by atoms with E-state index in [1.165, 1.54) is 0 Å². The second-order valence-corrected chi connectivity index (χ2v) is 7.20. The van der Waals surface area contributed by atoms with E-state index in [0.29, 0.717) is 22.2 Å². The number of hydrogen-bond donors (Lipinski definition) is 4. The monoisotopic (exact) mass is 400 g/mol. The van der Waals surface area contributed by atoms with E-state index >= 15 is 0 Å². The summed E-state index contributed by atoms with van der Waals surface area (Å²) >= 11 is 6.08. The van der Waals surface area contributed by atoms with Crippen molar-refractivity contribution in [2.45, 2.75) is 44.7 Å². The van der Waals surface area contributed by atoms with Crippen LogP contribution in [0.5, 0.6) is 0 Å². The van der Waals surface area contributed by atoms with Gasteiger partial charge in [-0.2, -0.15) is 5.26 Å². The maximum Gasteiger partial charge on any atom is 0.404 e. The number of nitrogens with one attached hydrogen (secondary N) is 3. The van der Waals surface area contributed by atoms with Gasteiger partial charge in [-0.1, -0.05) is 24.4 Å². The van der Waals surface area contributed by atoms with Gasteiger partial charge >= 0.3 is 6.09 Å². The highest BCUT2D eigenvalue weighted by molar-refractivity contribution is 6.30. The molecule has 1 fully saturated rings. The van der Waals surface area contributed by atoms with Crippen molar-refractivity contribution in [3.05, 3.63) is 40.8 Å². The van der Waals surface area contributed by atoms with Gasteiger partial charge in [0.15, 0.2) is 5.69 Å². The Kier molecular flexibility index (Phi) is 6.16. The Morgan fingerprint density at radius 2 is 2.04 bits per heavy atom. The largest absolute Gasteiger partial charge is 0.465 e. The SMILES string of the molecule is Cc1cc(Cl)cc(Nc2cc(NC3CCCCC3NC(=O)O)cnc2C#N)n1. The third-order valence-electron chi connectivity index (χ3n) is 4.60. The Morgan fingerprint density at radius 3 is 2.71 bits per heavy atom. The topological polar surface area (TPSA) is 123 Å². The van der Waals surface area contributed by atoms with Crippen molar-refractivity contribution in [3.8, 4) is 6.07 Å². The molecular weight excluding hydrogens is 380 g/mol. The van der Waals surface area contributed by atoms with Gasteiger partial charge in [0, 0.05) is 16.8 Å². The van der Waals surface area contributed by atoms with Crippen molar-refractivity contribution in [3.63, 3.8) is 0 Å². The average Bonchev–Trinajstić information content (AvgIpc) is 2.62. The van der Waals surface area contributed by atoms with E-state index in [2.05, 4.69) is 32.0 Å². The third-order valence-corrected chi connectivity index (χ3v) is 4.82. The van der Waals surface area contributed by atoms with E-state index < -0.39 is 6.09 Å². The summed E-state index contributed by atoms with van der Waals surface area (Å²) in [7, 11) is 0. The lowest BCUT2D eigenvalue weighted by Gasteiger charge is -2.32. The van der Waals surface area contributed by atoms with Gasteiger partial charge in [-0.3, -0.25) is 0 Å². The molecule has 0 saturated heterocycles. The van der Waals surface area contributed by atoms with Crippen LogP contribution in [0.2, 0.25) is 5.02 Å². The van der Waals surface area contributed by atoms with E-state index in [-0.39, 0.29) is 17.8 Å². The summed E-state index contributed by atoms with van der Waals surface area (Å²) in [6.07, 6.45) is 4.19. The molecule has 2 heterocycles. The van der Waals surface area contributed by atoms with E-state index in [1.807, 2.05) is 6.92 Å². The van der Waals surface area contributed by atoms with Gasteiger partial charge in [-0.25, -0.2) is 14.8 Å². The maximum atomic E-state index is 11.0. The molecule has 0 aromatic carbocycles. The fourth-order valence-corrected chi connectivity index (χ4v) is 3.67. The molecule has 1 aliphatic carbocycles. The molecule has 2 unspecified atom stereocenters. The van der Waals surface area contributed by atoms with Crippen LogP contribution in [0.25, 0.3) is 0 Å². The number of hydrogen-bond acceptors (Lipinski definition) is 6. The summed E-state index contributed by atoms with van der Waals surface area (Å²) in [6.45, 7) is 1.83. The summed E-state index contributed by atoms with van der Waals surface area (Å²) in [5, 5.41) is 28.0. The molecule has 4 N–H and O–H groups in total. The minimum absolute atomic E-state index is 0.0426. The highest BCUT2D eigenvalue weighted by atomic mass is 35.5. The Bertz CT molecular complexity index is 894. The summed E-state index contributed by atoms with van der Waals surface area (Å²) in [4.78, 5) is 19.6. The number of aromatic nitrogens is 2. The normalized spacial score (nSPS) is 18.8. The number of halogens is 1. The van der Waals surface area contributed by atoms with Gasteiger partial charge in [0.1, 0.15) is 11.9 Å². The molecule has 0 aliphatic heterocycles. The van der Waals surface area contributed by atoms with Crippen molar-refractivity contribution in [1.29, 1.82) is 5.26 Å². The maximum absolute atomic E-state index is 11.0. The molecule has 2 aromatic heterocycles. The lowest BCUT2D eigenvalue weighted by molar-refractivity contribution is 0.184. The van der Waals surface area contributed by atoms with Crippen molar-refractivity contribution >= 4 is 34.9 Å².